The fourth-order valence-electron chi connectivity index (χ4n) is 1.74. The lowest BCUT2D eigenvalue weighted by Gasteiger charge is -2.16. The Balaban J connectivity index is 2.11. The summed E-state index contributed by atoms with van der Waals surface area (Å²) in [6.45, 7) is 0. The van der Waals surface area contributed by atoms with Gasteiger partial charge in [-0.05, 0) is 51.0 Å². The summed E-state index contributed by atoms with van der Waals surface area (Å²) in [7, 11) is 3.85. The molecule has 1 heterocycles. The van der Waals surface area contributed by atoms with Crippen molar-refractivity contribution in [1.29, 1.82) is 0 Å². The van der Waals surface area contributed by atoms with Crippen LogP contribution >= 0.6 is 43.6 Å². The van der Waals surface area contributed by atoms with Gasteiger partial charge in [0.15, 0.2) is 4.60 Å². The molecule has 102 valence electrons. The van der Waals surface area contributed by atoms with Gasteiger partial charge < -0.3 is 5.32 Å². The third-order valence-corrected chi connectivity index (χ3v) is 5.43. The standard InChI is InChI=1S/C12H14Br2N4S/c1-15-9(11-12(14)16-17-18(11)2)7-19-10-6-4-3-5-8(10)13/h3-6,9,15H,7H2,1-2H3. The maximum absolute atomic E-state index is 4.03. The average molecular weight is 406 g/mol. The molecule has 19 heavy (non-hydrogen) atoms. The molecule has 2 rings (SSSR count). The van der Waals surface area contributed by atoms with Crippen molar-refractivity contribution in [2.24, 2.45) is 7.05 Å². The fourth-order valence-corrected chi connectivity index (χ4v) is 4.03. The lowest BCUT2D eigenvalue weighted by Crippen LogP contribution is -2.22. The predicted octanol–water partition coefficient (Wildman–Crippen LogP) is 3.39. The van der Waals surface area contributed by atoms with Gasteiger partial charge in [0.1, 0.15) is 0 Å². The molecule has 2 aromatic rings. The minimum absolute atomic E-state index is 0.187. The van der Waals surface area contributed by atoms with Crippen molar-refractivity contribution in [3.8, 4) is 0 Å². The van der Waals surface area contributed by atoms with E-state index in [1.807, 2.05) is 26.2 Å². The Morgan fingerprint density at radius 3 is 2.68 bits per heavy atom. The van der Waals surface area contributed by atoms with E-state index in [0.717, 1.165) is 20.5 Å². The van der Waals surface area contributed by atoms with E-state index < -0.39 is 0 Å². The van der Waals surface area contributed by atoms with Gasteiger partial charge in [0.25, 0.3) is 0 Å². The third-order valence-electron chi connectivity index (χ3n) is 2.75. The van der Waals surface area contributed by atoms with Crippen molar-refractivity contribution in [1.82, 2.24) is 20.3 Å². The van der Waals surface area contributed by atoms with Crippen LogP contribution in [0.4, 0.5) is 0 Å². The van der Waals surface area contributed by atoms with Gasteiger partial charge in [0, 0.05) is 22.2 Å². The summed E-state index contributed by atoms with van der Waals surface area (Å²) < 4.78 is 3.71. The van der Waals surface area contributed by atoms with Gasteiger partial charge in [-0.3, -0.25) is 0 Å². The summed E-state index contributed by atoms with van der Waals surface area (Å²) in [6.07, 6.45) is 0. The minimum Gasteiger partial charge on any atom is -0.311 e. The van der Waals surface area contributed by atoms with E-state index in [9.17, 15) is 0 Å². The first-order valence-corrected chi connectivity index (χ1v) is 8.30. The molecular formula is C12H14Br2N4S. The molecule has 1 N–H and O–H groups in total. The smallest absolute Gasteiger partial charge is 0.153 e. The van der Waals surface area contributed by atoms with E-state index in [1.54, 1.807) is 16.4 Å². The van der Waals surface area contributed by atoms with Crippen LogP contribution in [0, 0.1) is 0 Å². The molecule has 1 aromatic carbocycles. The predicted molar refractivity (Wildman–Crippen MR) is 85.4 cm³/mol. The van der Waals surface area contributed by atoms with Gasteiger partial charge in [0.05, 0.1) is 11.7 Å². The largest absolute Gasteiger partial charge is 0.311 e. The topological polar surface area (TPSA) is 42.7 Å². The zero-order valence-corrected chi connectivity index (χ0v) is 14.6. The van der Waals surface area contributed by atoms with Crippen LogP contribution in [0.25, 0.3) is 0 Å². The minimum atomic E-state index is 0.187. The van der Waals surface area contributed by atoms with Gasteiger partial charge >= 0.3 is 0 Å². The Kier molecular flexibility index (Phi) is 5.44. The average Bonchev–Trinajstić information content (AvgIpc) is 2.73. The van der Waals surface area contributed by atoms with Crippen LogP contribution in [-0.2, 0) is 7.05 Å². The molecule has 0 bridgehead atoms. The third kappa shape index (κ3) is 3.59. The van der Waals surface area contributed by atoms with Gasteiger partial charge in [-0.2, -0.15) is 0 Å². The highest BCUT2D eigenvalue weighted by molar-refractivity contribution is 9.10. The zero-order valence-electron chi connectivity index (χ0n) is 10.6. The van der Waals surface area contributed by atoms with Crippen LogP contribution in [0.2, 0.25) is 0 Å². The number of aromatic nitrogens is 3. The number of halogens is 2. The number of thioether (sulfide) groups is 1. The SMILES string of the molecule is CNC(CSc1ccccc1Br)c1c(Br)nnn1C. The number of rotatable bonds is 5. The number of nitrogens with zero attached hydrogens (tertiary/aromatic N) is 3. The summed E-state index contributed by atoms with van der Waals surface area (Å²) in [5, 5.41) is 11.4. The van der Waals surface area contributed by atoms with E-state index >= 15 is 0 Å². The Morgan fingerprint density at radius 1 is 1.37 bits per heavy atom. The molecule has 0 amide bonds. The Bertz CT molecular complexity index is 539. The highest BCUT2D eigenvalue weighted by atomic mass is 79.9. The molecule has 0 aliphatic rings. The molecule has 0 aliphatic heterocycles. The number of aryl methyl sites for hydroxylation is 1. The molecule has 0 saturated heterocycles. The quantitative estimate of drug-likeness (QED) is 0.774. The van der Waals surface area contributed by atoms with E-state index in [1.165, 1.54) is 4.90 Å². The highest BCUT2D eigenvalue weighted by Gasteiger charge is 2.19. The number of hydrogen-bond donors (Lipinski definition) is 1. The van der Waals surface area contributed by atoms with Crippen molar-refractivity contribution in [3.63, 3.8) is 0 Å². The van der Waals surface area contributed by atoms with Crippen molar-refractivity contribution < 1.29 is 0 Å². The van der Waals surface area contributed by atoms with Gasteiger partial charge in [0.2, 0.25) is 0 Å². The van der Waals surface area contributed by atoms with Gasteiger partial charge in [-0.25, -0.2) is 4.68 Å². The molecule has 0 aliphatic carbocycles. The van der Waals surface area contributed by atoms with Crippen molar-refractivity contribution in [2.45, 2.75) is 10.9 Å². The maximum atomic E-state index is 4.03. The second kappa shape index (κ2) is 6.88. The summed E-state index contributed by atoms with van der Waals surface area (Å²) in [5.41, 5.74) is 1.06. The fraction of sp³-hybridized carbons (Fsp3) is 0.333. The normalized spacial score (nSPS) is 12.6. The Labute approximate surface area is 133 Å². The first-order valence-electron chi connectivity index (χ1n) is 5.73. The van der Waals surface area contributed by atoms with Crippen LogP contribution in [-0.4, -0.2) is 27.8 Å². The van der Waals surface area contributed by atoms with E-state index in [0.29, 0.717) is 0 Å². The number of hydrogen-bond acceptors (Lipinski definition) is 4. The van der Waals surface area contributed by atoms with Crippen LogP contribution in [0.1, 0.15) is 11.7 Å². The molecule has 1 atom stereocenters. The van der Waals surface area contributed by atoms with E-state index in [4.69, 9.17) is 0 Å². The molecule has 0 spiro atoms. The first kappa shape index (κ1) is 15.0. The maximum Gasteiger partial charge on any atom is 0.153 e. The Hall–Kier alpha value is -0.370. The molecule has 0 fully saturated rings. The lowest BCUT2D eigenvalue weighted by atomic mass is 10.2. The van der Waals surface area contributed by atoms with Crippen molar-refractivity contribution >= 4 is 43.6 Å². The van der Waals surface area contributed by atoms with Crippen LogP contribution in [0.3, 0.4) is 0 Å². The second-order valence-corrected chi connectivity index (χ2v) is 6.64. The molecular weight excluding hydrogens is 392 g/mol. The van der Waals surface area contributed by atoms with E-state index in [-0.39, 0.29) is 6.04 Å². The zero-order chi connectivity index (χ0) is 13.8. The first-order chi connectivity index (χ1) is 9.13. The van der Waals surface area contributed by atoms with Crippen LogP contribution in [0.15, 0.2) is 38.2 Å². The highest BCUT2D eigenvalue weighted by Crippen LogP contribution is 2.31. The molecule has 4 nitrogen and oxygen atoms in total. The lowest BCUT2D eigenvalue weighted by molar-refractivity contribution is 0.578. The number of benzene rings is 1. The Morgan fingerprint density at radius 2 is 2.11 bits per heavy atom. The van der Waals surface area contributed by atoms with Crippen molar-refractivity contribution in [3.05, 3.63) is 39.0 Å². The molecule has 7 heteroatoms. The van der Waals surface area contributed by atoms with Gasteiger partial charge in [-0.15, -0.1) is 16.9 Å². The summed E-state index contributed by atoms with van der Waals surface area (Å²) in [5.74, 6) is 0.902. The number of nitrogens with one attached hydrogen (secondary N) is 1. The van der Waals surface area contributed by atoms with E-state index in [2.05, 4.69) is 59.6 Å². The summed E-state index contributed by atoms with van der Waals surface area (Å²) in [4.78, 5) is 1.23. The summed E-state index contributed by atoms with van der Waals surface area (Å²) in [6, 6.07) is 8.41. The molecule has 0 saturated carbocycles. The summed E-state index contributed by atoms with van der Waals surface area (Å²) >= 11 is 8.81. The van der Waals surface area contributed by atoms with Crippen molar-refractivity contribution in [2.75, 3.05) is 12.8 Å². The monoisotopic (exact) mass is 404 g/mol. The molecule has 1 aromatic heterocycles. The molecule has 0 radical (unpaired) electrons. The van der Waals surface area contributed by atoms with Crippen LogP contribution in [0.5, 0.6) is 0 Å². The van der Waals surface area contributed by atoms with Crippen LogP contribution < -0.4 is 5.32 Å². The molecule has 1 unspecified atom stereocenters. The van der Waals surface area contributed by atoms with Gasteiger partial charge in [-0.1, -0.05) is 17.3 Å². The second-order valence-electron chi connectivity index (χ2n) is 3.97.